The number of hydrogen-bond acceptors (Lipinski definition) is 5. The molecular formula is C19H31N5O2. The first-order chi connectivity index (χ1) is 12.1. The van der Waals surface area contributed by atoms with Crippen LogP contribution in [0.4, 0.5) is 10.7 Å². The van der Waals surface area contributed by atoms with Crippen LogP contribution in [0, 0.1) is 5.41 Å². The number of nitrogens with one attached hydrogen (secondary N) is 2. The molecule has 1 aliphatic heterocycles. The van der Waals surface area contributed by atoms with Crippen LogP contribution in [0.5, 0.6) is 0 Å². The lowest BCUT2D eigenvalue weighted by Gasteiger charge is -2.37. The number of urea groups is 1. The van der Waals surface area contributed by atoms with Crippen molar-refractivity contribution < 1.29 is 9.53 Å². The average Bonchev–Trinajstić information content (AvgIpc) is 2.52. The van der Waals surface area contributed by atoms with Gasteiger partial charge in [0.25, 0.3) is 0 Å². The van der Waals surface area contributed by atoms with E-state index in [0.29, 0.717) is 13.2 Å². The van der Waals surface area contributed by atoms with E-state index in [0.717, 1.165) is 43.1 Å². The van der Waals surface area contributed by atoms with Crippen LogP contribution in [-0.2, 0) is 11.2 Å². The Balaban J connectivity index is 1.82. The van der Waals surface area contributed by atoms with Crippen molar-refractivity contribution in [2.75, 3.05) is 31.2 Å². The minimum atomic E-state index is -0.270. The number of fused-ring (bicyclic) bond motifs is 1. The minimum absolute atomic E-state index is 0.0727. The first kappa shape index (κ1) is 18.9. The van der Waals surface area contributed by atoms with E-state index in [2.05, 4.69) is 34.4 Å². The monoisotopic (exact) mass is 361 g/mol. The lowest BCUT2D eigenvalue weighted by Crippen LogP contribution is -2.48. The Morgan fingerprint density at radius 1 is 1.31 bits per heavy atom. The van der Waals surface area contributed by atoms with Gasteiger partial charge in [-0.3, -0.25) is 0 Å². The fourth-order valence-corrected chi connectivity index (χ4v) is 3.62. The van der Waals surface area contributed by atoms with Crippen molar-refractivity contribution in [1.29, 1.82) is 0 Å². The van der Waals surface area contributed by atoms with Gasteiger partial charge in [0.15, 0.2) is 0 Å². The molecule has 0 radical (unpaired) electrons. The molecule has 3 rings (SSSR count). The molecular weight excluding hydrogens is 330 g/mol. The Labute approximate surface area is 155 Å². The molecule has 2 amide bonds. The van der Waals surface area contributed by atoms with Gasteiger partial charge in [-0.1, -0.05) is 13.8 Å². The predicted octanol–water partition coefficient (Wildman–Crippen LogP) is 2.42. The zero-order valence-corrected chi connectivity index (χ0v) is 16.6. The molecule has 26 heavy (non-hydrogen) atoms. The Morgan fingerprint density at radius 3 is 2.65 bits per heavy atom. The molecule has 0 spiro atoms. The van der Waals surface area contributed by atoms with Gasteiger partial charge in [-0.25, -0.2) is 14.8 Å². The number of carbonyl (C=O) groups is 1. The summed E-state index contributed by atoms with van der Waals surface area (Å²) in [6.45, 7) is 13.4. The number of aromatic nitrogens is 2. The van der Waals surface area contributed by atoms with Crippen molar-refractivity contribution in [1.82, 2.24) is 20.6 Å². The first-order valence-corrected chi connectivity index (χ1v) is 9.40. The summed E-state index contributed by atoms with van der Waals surface area (Å²) in [4.78, 5) is 24.0. The van der Waals surface area contributed by atoms with Crippen molar-refractivity contribution in [2.45, 2.75) is 59.0 Å². The molecule has 7 nitrogen and oxygen atoms in total. The Morgan fingerprint density at radius 2 is 2.00 bits per heavy atom. The topological polar surface area (TPSA) is 79.4 Å². The minimum Gasteiger partial charge on any atom is -0.378 e. The van der Waals surface area contributed by atoms with E-state index in [1.54, 1.807) is 0 Å². The molecule has 0 unspecified atom stereocenters. The molecule has 2 aliphatic rings. The third kappa shape index (κ3) is 4.63. The molecule has 1 saturated heterocycles. The molecule has 0 bridgehead atoms. The zero-order valence-electron chi connectivity index (χ0n) is 16.6. The number of ether oxygens (including phenoxy) is 1. The summed E-state index contributed by atoms with van der Waals surface area (Å²) in [7, 11) is 0. The number of rotatable bonds is 2. The fourth-order valence-electron chi connectivity index (χ4n) is 3.62. The molecule has 0 aromatic carbocycles. The van der Waals surface area contributed by atoms with Gasteiger partial charge in [0.2, 0.25) is 5.95 Å². The van der Waals surface area contributed by atoms with Gasteiger partial charge in [-0.05, 0) is 39.0 Å². The molecule has 1 aliphatic carbocycles. The van der Waals surface area contributed by atoms with Gasteiger partial charge >= 0.3 is 6.03 Å². The molecule has 1 atom stereocenters. The lowest BCUT2D eigenvalue weighted by atomic mass is 9.74. The predicted molar refractivity (Wildman–Crippen MR) is 101 cm³/mol. The molecule has 2 N–H and O–H groups in total. The number of hydrogen-bond donors (Lipinski definition) is 2. The second kappa shape index (κ2) is 7.02. The van der Waals surface area contributed by atoms with E-state index in [9.17, 15) is 4.79 Å². The zero-order chi connectivity index (χ0) is 18.9. The summed E-state index contributed by atoms with van der Waals surface area (Å²) in [6, 6.07) is -0.224. The maximum Gasteiger partial charge on any atom is 0.315 e. The van der Waals surface area contributed by atoms with E-state index < -0.39 is 0 Å². The van der Waals surface area contributed by atoms with E-state index in [4.69, 9.17) is 9.72 Å². The Kier molecular flexibility index (Phi) is 5.10. The van der Waals surface area contributed by atoms with Gasteiger partial charge < -0.3 is 20.3 Å². The number of amides is 2. The maximum atomic E-state index is 12.4. The van der Waals surface area contributed by atoms with Gasteiger partial charge in [0.1, 0.15) is 0 Å². The number of anilines is 1. The van der Waals surface area contributed by atoms with E-state index >= 15 is 0 Å². The van der Waals surface area contributed by atoms with E-state index in [-0.39, 0.29) is 23.0 Å². The molecule has 1 aromatic heterocycles. The van der Waals surface area contributed by atoms with Crippen LogP contribution in [0.2, 0.25) is 0 Å². The fraction of sp³-hybridized carbons (Fsp3) is 0.737. The van der Waals surface area contributed by atoms with Crippen molar-refractivity contribution in [3.8, 4) is 0 Å². The second-order valence-electron chi connectivity index (χ2n) is 9.12. The highest BCUT2D eigenvalue weighted by Crippen LogP contribution is 2.40. The van der Waals surface area contributed by atoms with E-state index in [1.807, 2.05) is 27.0 Å². The number of morpholine rings is 1. The average molecular weight is 361 g/mol. The highest BCUT2D eigenvalue weighted by Gasteiger charge is 2.35. The van der Waals surface area contributed by atoms with Crippen LogP contribution in [0.1, 0.15) is 58.3 Å². The van der Waals surface area contributed by atoms with Crippen molar-refractivity contribution in [3.63, 3.8) is 0 Å². The van der Waals surface area contributed by atoms with Gasteiger partial charge in [0, 0.05) is 30.4 Å². The van der Waals surface area contributed by atoms with Crippen molar-refractivity contribution >= 4 is 12.0 Å². The smallest absolute Gasteiger partial charge is 0.315 e. The van der Waals surface area contributed by atoms with Crippen LogP contribution >= 0.6 is 0 Å². The van der Waals surface area contributed by atoms with Crippen LogP contribution in [0.25, 0.3) is 0 Å². The van der Waals surface area contributed by atoms with Crippen LogP contribution in [0.3, 0.4) is 0 Å². The SMILES string of the molecule is CC1(C)Cc2nc(N3CCOCC3)ncc2[C@@H](NC(=O)NC(C)(C)C)C1. The Hall–Kier alpha value is -1.89. The summed E-state index contributed by atoms with van der Waals surface area (Å²) in [5, 5.41) is 6.10. The summed E-state index contributed by atoms with van der Waals surface area (Å²) in [5.41, 5.74) is 1.88. The molecule has 1 aromatic rings. The summed E-state index contributed by atoms with van der Waals surface area (Å²) in [6.07, 6.45) is 3.66. The molecule has 7 heteroatoms. The largest absolute Gasteiger partial charge is 0.378 e. The third-order valence-corrected chi connectivity index (χ3v) is 4.75. The lowest BCUT2D eigenvalue weighted by molar-refractivity contribution is 0.122. The van der Waals surface area contributed by atoms with Crippen molar-refractivity contribution in [3.05, 3.63) is 17.5 Å². The van der Waals surface area contributed by atoms with Crippen LogP contribution in [0.15, 0.2) is 6.20 Å². The maximum absolute atomic E-state index is 12.4. The first-order valence-electron chi connectivity index (χ1n) is 9.40. The standard InChI is InChI=1S/C19H31N5O2/c1-18(2,3)23-17(25)22-15-11-19(4,5)10-14-13(15)12-20-16(21-14)24-6-8-26-9-7-24/h12,15H,6-11H2,1-5H3,(H2,22,23,25)/t15-/m0/s1. The quantitative estimate of drug-likeness (QED) is 0.846. The molecule has 144 valence electrons. The summed E-state index contributed by atoms with van der Waals surface area (Å²) >= 11 is 0. The summed E-state index contributed by atoms with van der Waals surface area (Å²) in [5.74, 6) is 0.766. The van der Waals surface area contributed by atoms with E-state index in [1.165, 1.54) is 0 Å². The summed E-state index contributed by atoms with van der Waals surface area (Å²) < 4.78 is 5.42. The second-order valence-corrected chi connectivity index (χ2v) is 9.12. The molecule has 2 heterocycles. The highest BCUT2D eigenvalue weighted by atomic mass is 16.5. The van der Waals surface area contributed by atoms with Crippen LogP contribution in [-0.4, -0.2) is 47.8 Å². The van der Waals surface area contributed by atoms with Crippen LogP contribution < -0.4 is 15.5 Å². The third-order valence-electron chi connectivity index (χ3n) is 4.75. The molecule has 0 saturated carbocycles. The number of nitrogens with zero attached hydrogens (tertiary/aromatic N) is 3. The van der Waals surface area contributed by atoms with Gasteiger partial charge in [-0.15, -0.1) is 0 Å². The van der Waals surface area contributed by atoms with Gasteiger partial charge in [-0.2, -0.15) is 0 Å². The Bertz CT molecular complexity index is 662. The highest BCUT2D eigenvalue weighted by molar-refractivity contribution is 5.75. The van der Waals surface area contributed by atoms with Crippen molar-refractivity contribution in [2.24, 2.45) is 5.41 Å². The molecule has 1 fully saturated rings. The van der Waals surface area contributed by atoms with Gasteiger partial charge in [0.05, 0.1) is 24.9 Å². The normalized spacial score (nSPS) is 22.5. The number of carbonyl (C=O) groups excluding carboxylic acids is 1.